The zero-order chi connectivity index (χ0) is 20.6. The third-order valence-electron chi connectivity index (χ3n) is 3.97. The molecule has 1 aromatic rings. The average molecular weight is 389 g/mol. The Bertz CT molecular complexity index is 760. The van der Waals surface area contributed by atoms with Gasteiger partial charge in [0.05, 0.1) is 5.56 Å². The Morgan fingerprint density at radius 1 is 1.30 bits per heavy atom. The second kappa shape index (κ2) is 11.0. The van der Waals surface area contributed by atoms with Crippen LogP contribution < -0.4 is 15.2 Å². The number of rotatable bonds is 9. The van der Waals surface area contributed by atoms with Crippen LogP contribution in [0.4, 0.5) is 0 Å². The summed E-state index contributed by atoms with van der Waals surface area (Å²) in [6, 6.07) is 5.49. The van der Waals surface area contributed by atoms with Crippen molar-refractivity contribution in [2.75, 3.05) is 6.61 Å². The van der Waals surface area contributed by atoms with Crippen LogP contribution in [0.2, 0.25) is 0 Å². The summed E-state index contributed by atoms with van der Waals surface area (Å²) in [5.74, 6) is 0.0512. The van der Waals surface area contributed by atoms with E-state index in [0.29, 0.717) is 17.9 Å². The quantitative estimate of drug-likeness (QED) is 0.445. The second-order valence-corrected chi connectivity index (χ2v) is 7.83. The molecule has 0 saturated carbocycles. The number of carbonyl (C=O) groups excluding carboxylic acids is 1. The number of ether oxygens (including phenoxy) is 1. The van der Waals surface area contributed by atoms with Gasteiger partial charge >= 0.3 is 0 Å². The normalized spacial score (nSPS) is 13.3. The van der Waals surface area contributed by atoms with Crippen LogP contribution in [0.15, 0.2) is 52.0 Å². The molecular formula is C22H32N2O2S. The molecule has 0 aliphatic rings. The number of hydrogen-bond donors (Lipinski definition) is 2. The fourth-order valence-electron chi connectivity index (χ4n) is 2.43. The third kappa shape index (κ3) is 7.65. The lowest BCUT2D eigenvalue weighted by Crippen LogP contribution is -2.27. The van der Waals surface area contributed by atoms with Crippen LogP contribution in [0.3, 0.4) is 0 Å². The van der Waals surface area contributed by atoms with Crippen LogP contribution in [0, 0.1) is 6.92 Å². The zero-order valence-electron chi connectivity index (χ0n) is 17.5. The molecule has 0 heterocycles. The molecule has 1 aromatic carbocycles. The van der Waals surface area contributed by atoms with Crippen molar-refractivity contribution in [2.45, 2.75) is 54.5 Å². The first-order valence-corrected chi connectivity index (χ1v) is 9.92. The van der Waals surface area contributed by atoms with Gasteiger partial charge in [-0.3, -0.25) is 9.52 Å². The maximum Gasteiger partial charge on any atom is 0.252 e. The first-order chi connectivity index (χ1) is 12.6. The van der Waals surface area contributed by atoms with Crippen molar-refractivity contribution < 1.29 is 9.53 Å². The van der Waals surface area contributed by atoms with Crippen molar-refractivity contribution >= 4 is 17.9 Å². The van der Waals surface area contributed by atoms with Crippen molar-refractivity contribution in [3.63, 3.8) is 0 Å². The summed E-state index contributed by atoms with van der Waals surface area (Å²) in [7, 11) is 0. The van der Waals surface area contributed by atoms with E-state index in [4.69, 9.17) is 10.5 Å². The molecule has 4 nitrogen and oxygen atoms in total. The summed E-state index contributed by atoms with van der Waals surface area (Å²) in [6.07, 6.45) is 4.28. The number of benzene rings is 1. The predicted octanol–water partition coefficient (Wildman–Crippen LogP) is 5.31. The van der Waals surface area contributed by atoms with Gasteiger partial charge in [-0.1, -0.05) is 29.4 Å². The van der Waals surface area contributed by atoms with Gasteiger partial charge in [0.25, 0.3) is 5.91 Å². The highest BCUT2D eigenvalue weighted by atomic mass is 32.2. The maximum absolute atomic E-state index is 11.6. The highest BCUT2D eigenvalue weighted by Crippen LogP contribution is 2.27. The standard InChI is InChI=1S/C22H32N2O2S/c1-8-15(4)11-17(6)21(14(2)3)27-24-18(7)13-26-20-12-16(5)9-10-19(20)22(23)25/h8-12,18,24H,13H2,1-7H3,(H2,23,25)/b15-8-,17-11-. The Balaban J connectivity index is 2.74. The van der Waals surface area contributed by atoms with Gasteiger partial charge < -0.3 is 10.5 Å². The molecule has 0 bridgehead atoms. The molecule has 0 aliphatic heterocycles. The molecule has 0 fully saturated rings. The van der Waals surface area contributed by atoms with Crippen LogP contribution in [0.5, 0.6) is 5.75 Å². The second-order valence-electron chi connectivity index (χ2n) is 6.98. The van der Waals surface area contributed by atoms with Crippen LogP contribution >= 0.6 is 11.9 Å². The van der Waals surface area contributed by atoms with E-state index in [1.807, 2.05) is 32.9 Å². The van der Waals surface area contributed by atoms with Crippen molar-refractivity contribution in [1.82, 2.24) is 4.72 Å². The molecule has 0 radical (unpaired) electrons. The topological polar surface area (TPSA) is 64.3 Å². The van der Waals surface area contributed by atoms with E-state index < -0.39 is 5.91 Å². The fourth-order valence-corrected chi connectivity index (χ4v) is 3.24. The van der Waals surface area contributed by atoms with Crippen molar-refractivity contribution in [1.29, 1.82) is 0 Å². The van der Waals surface area contributed by atoms with Crippen molar-refractivity contribution in [2.24, 2.45) is 5.73 Å². The molecule has 27 heavy (non-hydrogen) atoms. The van der Waals surface area contributed by atoms with Gasteiger partial charge in [-0.05, 0) is 83.7 Å². The summed E-state index contributed by atoms with van der Waals surface area (Å²) in [5, 5.41) is 0. The molecule has 1 atom stereocenters. The molecule has 0 aromatic heterocycles. The number of allylic oxidation sites excluding steroid dienone is 5. The lowest BCUT2D eigenvalue weighted by atomic mass is 10.1. The number of amides is 1. The molecule has 148 valence electrons. The summed E-state index contributed by atoms with van der Waals surface area (Å²) in [5.41, 5.74) is 10.6. The summed E-state index contributed by atoms with van der Waals surface area (Å²) >= 11 is 1.61. The Labute approximate surface area is 168 Å². The van der Waals surface area contributed by atoms with E-state index >= 15 is 0 Å². The largest absolute Gasteiger partial charge is 0.491 e. The molecule has 3 N–H and O–H groups in total. The Morgan fingerprint density at radius 3 is 2.52 bits per heavy atom. The number of hydrogen-bond acceptors (Lipinski definition) is 4. The first kappa shape index (κ1) is 23.1. The minimum absolute atomic E-state index is 0.0844. The van der Waals surface area contributed by atoms with Gasteiger partial charge in [0.2, 0.25) is 0 Å². The minimum atomic E-state index is -0.480. The van der Waals surface area contributed by atoms with Gasteiger partial charge in [-0.15, -0.1) is 0 Å². The van der Waals surface area contributed by atoms with E-state index in [2.05, 4.69) is 44.6 Å². The predicted molar refractivity (Wildman–Crippen MR) is 117 cm³/mol. The molecule has 5 heteroatoms. The van der Waals surface area contributed by atoms with Crippen LogP contribution in [0.25, 0.3) is 0 Å². The summed E-state index contributed by atoms with van der Waals surface area (Å²) in [4.78, 5) is 12.8. The number of aryl methyl sites for hydroxylation is 1. The third-order valence-corrected chi connectivity index (χ3v) is 5.42. The Hall–Kier alpha value is -1.98. The SMILES string of the molecule is C/C=C(C)\C=C(\C)C(SNC(C)COc1cc(C)ccc1C(N)=O)=C(C)C. The van der Waals surface area contributed by atoms with Crippen LogP contribution in [0.1, 0.15) is 57.5 Å². The van der Waals surface area contributed by atoms with E-state index in [1.165, 1.54) is 21.6 Å². The molecule has 1 amide bonds. The number of primary amides is 1. The molecule has 0 saturated heterocycles. The Morgan fingerprint density at radius 2 is 1.96 bits per heavy atom. The van der Waals surface area contributed by atoms with Crippen molar-refractivity contribution in [3.8, 4) is 5.75 Å². The van der Waals surface area contributed by atoms with Gasteiger partial charge in [0, 0.05) is 10.9 Å². The minimum Gasteiger partial charge on any atom is -0.491 e. The van der Waals surface area contributed by atoms with E-state index in [-0.39, 0.29) is 6.04 Å². The molecule has 0 spiro atoms. The van der Waals surface area contributed by atoms with Gasteiger partial charge in [-0.25, -0.2) is 0 Å². The zero-order valence-corrected chi connectivity index (χ0v) is 18.3. The average Bonchev–Trinajstić information content (AvgIpc) is 2.59. The molecule has 0 aliphatic carbocycles. The highest BCUT2D eigenvalue weighted by Gasteiger charge is 2.12. The van der Waals surface area contributed by atoms with Crippen LogP contribution in [-0.2, 0) is 0 Å². The highest BCUT2D eigenvalue weighted by molar-refractivity contribution is 8.01. The summed E-state index contributed by atoms with van der Waals surface area (Å²) in [6.45, 7) is 14.9. The smallest absolute Gasteiger partial charge is 0.252 e. The summed E-state index contributed by atoms with van der Waals surface area (Å²) < 4.78 is 9.29. The van der Waals surface area contributed by atoms with E-state index in [0.717, 1.165) is 5.56 Å². The fraction of sp³-hybridized carbons (Fsp3) is 0.409. The van der Waals surface area contributed by atoms with Gasteiger partial charge in [0.15, 0.2) is 0 Å². The molecule has 1 rings (SSSR count). The lowest BCUT2D eigenvalue weighted by Gasteiger charge is -2.18. The van der Waals surface area contributed by atoms with Crippen molar-refractivity contribution in [3.05, 3.63) is 63.1 Å². The number of nitrogens with one attached hydrogen (secondary N) is 1. The van der Waals surface area contributed by atoms with Crippen LogP contribution in [-0.4, -0.2) is 18.6 Å². The molecule has 1 unspecified atom stereocenters. The van der Waals surface area contributed by atoms with Gasteiger partial charge in [-0.2, -0.15) is 0 Å². The number of carbonyl (C=O) groups is 1. The van der Waals surface area contributed by atoms with Gasteiger partial charge in [0.1, 0.15) is 12.4 Å². The molecular weight excluding hydrogens is 356 g/mol. The maximum atomic E-state index is 11.6. The first-order valence-electron chi connectivity index (χ1n) is 9.10. The monoisotopic (exact) mass is 388 g/mol. The van der Waals surface area contributed by atoms with E-state index in [9.17, 15) is 4.79 Å². The lowest BCUT2D eigenvalue weighted by molar-refractivity contribution is 0.0996. The van der Waals surface area contributed by atoms with E-state index in [1.54, 1.807) is 18.0 Å². The Kier molecular flexibility index (Phi) is 9.39. The number of nitrogens with two attached hydrogens (primary N) is 1.